The van der Waals surface area contributed by atoms with E-state index >= 15 is 0 Å². The molecule has 0 atom stereocenters. The fourth-order valence-electron chi connectivity index (χ4n) is 1.81. The van der Waals surface area contributed by atoms with Crippen LogP contribution in [-0.2, 0) is 12.0 Å². The first-order chi connectivity index (χ1) is 10.3. The average molecular weight is 301 g/mol. The summed E-state index contributed by atoms with van der Waals surface area (Å²) < 4.78 is 5.60. The van der Waals surface area contributed by atoms with Crippen molar-refractivity contribution >= 4 is 11.8 Å². The Morgan fingerprint density at radius 3 is 2.55 bits per heavy atom. The molecule has 2 amide bonds. The number of primary amides is 1. The number of rotatable bonds is 4. The van der Waals surface area contributed by atoms with Crippen LogP contribution in [-0.4, -0.2) is 16.8 Å². The van der Waals surface area contributed by atoms with Crippen LogP contribution in [0.2, 0.25) is 0 Å². The monoisotopic (exact) mass is 301 g/mol. The van der Waals surface area contributed by atoms with E-state index in [-0.39, 0.29) is 17.9 Å². The molecule has 0 aliphatic heterocycles. The number of benzene rings is 1. The van der Waals surface area contributed by atoms with Crippen molar-refractivity contribution in [3.63, 3.8) is 0 Å². The lowest BCUT2D eigenvalue weighted by atomic mass is 9.94. The van der Waals surface area contributed by atoms with E-state index < -0.39 is 5.91 Å². The van der Waals surface area contributed by atoms with Crippen molar-refractivity contribution in [3.8, 4) is 0 Å². The van der Waals surface area contributed by atoms with Crippen molar-refractivity contribution in [2.24, 2.45) is 5.73 Å². The Morgan fingerprint density at radius 1 is 1.27 bits per heavy atom. The predicted molar refractivity (Wildman–Crippen MR) is 81.3 cm³/mol. The second-order valence-corrected chi connectivity index (χ2v) is 6.00. The molecule has 0 unspecified atom stereocenters. The van der Waals surface area contributed by atoms with E-state index in [1.54, 1.807) is 24.4 Å². The molecule has 116 valence electrons. The van der Waals surface area contributed by atoms with Gasteiger partial charge in [0, 0.05) is 16.5 Å². The topological polar surface area (TPSA) is 98.2 Å². The average Bonchev–Trinajstić information content (AvgIpc) is 2.94. The van der Waals surface area contributed by atoms with E-state index in [0.29, 0.717) is 17.0 Å². The molecule has 1 aromatic carbocycles. The SMILES string of the molecule is CC(C)(C)c1cnc(CNC(=O)c2cccc(C(N)=O)c2)o1. The molecule has 1 heterocycles. The van der Waals surface area contributed by atoms with Gasteiger partial charge in [0.05, 0.1) is 12.7 Å². The third kappa shape index (κ3) is 3.72. The minimum Gasteiger partial charge on any atom is -0.443 e. The van der Waals surface area contributed by atoms with Crippen LogP contribution in [0.3, 0.4) is 0 Å². The van der Waals surface area contributed by atoms with E-state index in [4.69, 9.17) is 10.2 Å². The molecule has 2 aromatic rings. The van der Waals surface area contributed by atoms with Gasteiger partial charge in [0.25, 0.3) is 5.91 Å². The van der Waals surface area contributed by atoms with Crippen LogP contribution in [0.5, 0.6) is 0 Å². The first-order valence-electron chi connectivity index (χ1n) is 6.90. The summed E-state index contributed by atoms with van der Waals surface area (Å²) in [6.45, 7) is 6.23. The van der Waals surface area contributed by atoms with Gasteiger partial charge in [-0.2, -0.15) is 0 Å². The Labute approximate surface area is 128 Å². The number of carbonyl (C=O) groups excluding carboxylic acids is 2. The number of nitrogens with zero attached hydrogens (tertiary/aromatic N) is 1. The van der Waals surface area contributed by atoms with Gasteiger partial charge in [-0.3, -0.25) is 9.59 Å². The maximum atomic E-state index is 12.1. The molecule has 0 bridgehead atoms. The van der Waals surface area contributed by atoms with Crippen LogP contribution in [0.1, 0.15) is 53.1 Å². The standard InChI is InChI=1S/C16H19N3O3/c1-16(2,3)12-8-18-13(22-12)9-19-15(21)11-6-4-5-10(7-11)14(17)20/h4-8H,9H2,1-3H3,(H2,17,20)(H,19,21). The van der Waals surface area contributed by atoms with Gasteiger partial charge in [-0.1, -0.05) is 26.8 Å². The Bertz CT molecular complexity index is 699. The van der Waals surface area contributed by atoms with Crippen LogP contribution in [0.15, 0.2) is 34.9 Å². The maximum absolute atomic E-state index is 12.1. The second-order valence-electron chi connectivity index (χ2n) is 6.00. The number of carbonyl (C=O) groups is 2. The molecule has 0 saturated carbocycles. The van der Waals surface area contributed by atoms with Crippen LogP contribution < -0.4 is 11.1 Å². The van der Waals surface area contributed by atoms with E-state index in [0.717, 1.165) is 5.76 Å². The van der Waals surface area contributed by atoms with Crippen molar-refractivity contribution in [2.45, 2.75) is 32.7 Å². The lowest BCUT2D eigenvalue weighted by Gasteiger charge is -2.13. The highest BCUT2D eigenvalue weighted by atomic mass is 16.4. The minimum atomic E-state index is -0.572. The quantitative estimate of drug-likeness (QED) is 0.902. The molecule has 0 spiro atoms. The molecule has 6 heteroatoms. The highest BCUT2D eigenvalue weighted by molar-refractivity contribution is 5.98. The van der Waals surface area contributed by atoms with Gasteiger partial charge in [0.15, 0.2) is 0 Å². The zero-order valence-corrected chi connectivity index (χ0v) is 12.8. The number of oxazole rings is 1. The smallest absolute Gasteiger partial charge is 0.251 e. The summed E-state index contributed by atoms with van der Waals surface area (Å²) in [4.78, 5) is 27.3. The first-order valence-corrected chi connectivity index (χ1v) is 6.90. The van der Waals surface area contributed by atoms with Gasteiger partial charge < -0.3 is 15.5 Å². The minimum absolute atomic E-state index is 0.134. The van der Waals surface area contributed by atoms with E-state index in [9.17, 15) is 9.59 Å². The molecule has 0 aliphatic rings. The van der Waals surface area contributed by atoms with Crippen LogP contribution >= 0.6 is 0 Å². The summed E-state index contributed by atoms with van der Waals surface area (Å²) in [5.74, 6) is 0.299. The lowest BCUT2D eigenvalue weighted by Crippen LogP contribution is -2.23. The number of aromatic nitrogens is 1. The lowest BCUT2D eigenvalue weighted by molar-refractivity contribution is 0.0947. The van der Waals surface area contributed by atoms with Gasteiger partial charge in [0.2, 0.25) is 11.8 Å². The Hall–Kier alpha value is -2.63. The normalized spacial score (nSPS) is 11.2. The fraction of sp³-hybridized carbons (Fsp3) is 0.312. The summed E-state index contributed by atoms with van der Waals surface area (Å²) in [7, 11) is 0. The van der Waals surface area contributed by atoms with Crippen LogP contribution in [0.25, 0.3) is 0 Å². The third-order valence-electron chi connectivity index (χ3n) is 3.10. The zero-order valence-electron chi connectivity index (χ0n) is 12.8. The van der Waals surface area contributed by atoms with E-state index in [1.807, 2.05) is 20.8 Å². The van der Waals surface area contributed by atoms with E-state index in [1.165, 1.54) is 6.07 Å². The number of nitrogens with two attached hydrogens (primary N) is 1. The number of nitrogens with one attached hydrogen (secondary N) is 1. The number of amides is 2. The predicted octanol–water partition coefficient (Wildman–Crippen LogP) is 2.00. The van der Waals surface area contributed by atoms with Crippen LogP contribution in [0.4, 0.5) is 0 Å². The van der Waals surface area contributed by atoms with Gasteiger partial charge in [-0.15, -0.1) is 0 Å². The molecule has 0 saturated heterocycles. The molecule has 0 radical (unpaired) electrons. The first kappa shape index (κ1) is 15.8. The molecule has 2 rings (SSSR count). The van der Waals surface area contributed by atoms with Crippen molar-refractivity contribution in [2.75, 3.05) is 0 Å². The van der Waals surface area contributed by atoms with Crippen molar-refractivity contribution in [1.29, 1.82) is 0 Å². The van der Waals surface area contributed by atoms with Gasteiger partial charge in [-0.05, 0) is 18.2 Å². The summed E-state index contributed by atoms with van der Waals surface area (Å²) in [5.41, 5.74) is 5.71. The molecule has 22 heavy (non-hydrogen) atoms. The van der Waals surface area contributed by atoms with Gasteiger partial charge >= 0.3 is 0 Å². The summed E-state index contributed by atoms with van der Waals surface area (Å²) in [5, 5.41) is 2.70. The Morgan fingerprint density at radius 2 is 1.95 bits per heavy atom. The second kappa shape index (κ2) is 6.01. The Kier molecular flexibility index (Phi) is 4.30. The summed E-state index contributed by atoms with van der Waals surface area (Å²) >= 11 is 0. The fourth-order valence-corrected chi connectivity index (χ4v) is 1.81. The molecular formula is C16H19N3O3. The van der Waals surface area contributed by atoms with Gasteiger partial charge in [-0.25, -0.2) is 4.98 Å². The molecule has 6 nitrogen and oxygen atoms in total. The molecule has 0 fully saturated rings. The number of hydrogen-bond acceptors (Lipinski definition) is 4. The van der Waals surface area contributed by atoms with Crippen molar-refractivity contribution in [3.05, 3.63) is 53.2 Å². The van der Waals surface area contributed by atoms with Crippen molar-refractivity contribution < 1.29 is 14.0 Å². The summed E-state index contributed by atoms with van der Waals surface area (Å²) in [6.07, 6.45) is 1.66. The molecular weight excluding hydrogens is 282 g/mol. The zero-order chi connectivity index (χ0) is 16.3. The van der Waals surface area contributed by atoms with E-state index in [2.05, 4.69) is 10.3 Å². The Balaban J connectivity index is 2.02. The summed E-state index contributed by atoms with van der Waals surface area (Å²) in [6, 6.07) is 6.23. The maximum Gasteiger partial charge on any atom is 0.251 e. The molecule has 0 aliphatic carbocycles. The third-order valence-corrected chi connectivity index (χ3v) is 3.10. The largest absolute Gasteiger partial charge is 0.443 e. The highest BCUT2D eigenvalue weighted by Gasteiger charge is 2.19. The molecule has 3 N–H and O–H groups in total. The molecule has 1 aromatic heterocycles. The van der Waals surface area contributed by atoms with Gasteiger partial charge in [0.1, 0.15) is 5.76 Å². The highest BCUT2D eigenvalue weighted by Crippen LogP contribution is 2.22. The van der Waals surface area contributed by atoms with Crippen LogP contribution in [0, 0.1) is 0 Å². The van der Waals surface area contributed by atoms with Crippen molar-refractivity contribution in [1.82, 2.24) is 10.3 Å². The number of hydrogen-bond donors (Lipinski definition) is 2.